The van der Waals surface area contributed by atoms with Crippen LogP contribution in [0.5, 0.6) is 0 Å². The zero-order valence-corrected chi connectivity index (χ0v) is 6.40. The highest BCUT2D eigenvalue weighted by atomic mass is 16.7. The van der Waals surface area contributed by atoms with Gasteiger partial charge in [-0.25, -0.2) is 4.79 Å². The Labute approximate surface area is 64.3 Å². The summed E-state index contributed by atoms with van der Waals surface area (Å²) in [5, 5.41) is 11.2. The Kier molecular flexibility index (Phi) is 2.31. The number of carbonyl (C=O) groups excluding carboxylic acids is 1. The summed E-state index contributed by atoms with van der Waals surface area (Å²) >= 11 is 0. The molecule has 0 aliphatic carbocycles. The van der Waals surface area contributed by atoms with Gasteiger partial charge in [-0.3, -0.25) is 0 Å². The van der Waals surface area contributed by atoms with Crippen LogP contribution in [-0.4, -0.2) is 36.7 Å². The molecule has 0 aromatic rings. The minimum Gasteiger partial charge on any atom is -0.453 e. The maximum Gasteiger partial charge on any atom is 0.407 e. The van der Waals surface area contributed by atoms with Gasteiger partial charge in [0.15, 0.2) is 6.29 Å². The minimum absolute atomic E-state index is 0.211. The monoisotopic (exact) mass is 161 g/mol. The topological polar surface area (TPSA) is 71.1 Å². The highest BCUT2D eigenvalue weighted by Gasteiger charge is 2.42. The van der Waals surface area contributed by atoms with E-state index in [1.807, 2.05) is 0 Å². The molecule has 1 aliphatic heterocycles. The summed E-state index contributed by atoms with van der Waals surface area (Å²) in [6, 6.07) is -0.211. The van der Waals surface area contributed by atoms with Gasteiger partial charge in [-0.2, -0.15) is 0 Å². The van der Waals surface area contributed by atoms with Crippen molar-refractivity contribution < 1.29 is 19.4 Å². The molecule has 1 fully saturated rings. The van der Waals surface area contributed by atoms with Crippen LogP contribution in [0.4, 0.5) is 4.79 Å². The molecule has 0 saturated carbocycles. The molecule has 2 N–H and O–H groups in total. The number of hydrogen-bond acceptors (Lipinski definition) is 4. The molecular formula is C6H11NO4. The Hall–Kier alpha value is -0.810. The fourth-order valence-electron chi connectivity index (χ4n) is 0.807. The molecule has 1 amide bonds. The van der Waals surface area contributed by atoms with Crippen LogP contribution < -0.4 is 5.32 Å². The fourth-order valence-corrected chi connectivity index (χ4v) is 0.807. The first-order valence-electron chi connectivity index (χ1n) is 3.33. The smallest absolute Gasteiger partial charge is 0.407 e. The van der Waals surface area contributed by atoms with E-state index in [0.717, 1.165) is 0 Å². The number of epoxide rings is 1. The van der Waals surface area contributed by atoms with Gasteiger partial charge in [0.1, 0.15) is 6.10 Å². The van der Waals surface area contributed by atoms with E-state index in [0.29, 0.717) is 0 Å². The summed E-state index contributed by atoms with van der Waals surface area (Å²) in [5.74, 6) is 0. The number of alkyl carbamates (subject to hydrolysis) is 1. The number of hydrogen-bond donors (Lipinski definition) is 2. The molecule has 0 aromatic carbocycles. The summed E-state index contributed by atoms with van der Waals surface area (Å²) in [5.41, 5.74) is 0. The van der Waals surface area contributed by atoms with Gasteiger partial charge >= 0.3 is 6.09 Å². The number of nitrogens with one attached hydrogen (secondary N) is 1. The lowest BCUT2D eigenvalue weighted by Crippen LogP contribution is -2.36. The Morgan fingerprint density at radius 1 is 1.82 bits per heavy atom. The van der Waals surface area contributed by atoms with Crippen molar-refractivity contribution in [2.75, 3.05) is 7.11 Å². The zero-order valence-electron chi connectivity index (χ0n) is 6.40. The van der Waals surface area contributed by atoms with Crippen molar-refractivity contribution in [1.29, 1.82) is 0 Å². The van der Waals surface area contributed by atoms with E-state index in [1.165, 1.54) is 7.11 Å². The predicted octanol–water partition coefficient (Wildman–Crippen LogP) is -0.552. The molecule has 0 radical (unpaired) electrons. The number of rotatable bonds is 2. The van der Waals surface area contributed by atoms with E-state index >= 15 is 0 Å². The van der Waals surface area contributed by atoms with Crippen molar-refractivity contribution in [2.45, 2.75) is 25.4 Å². The molecule has 11 heavy (non-hydrogen) atoms. The van der Waals surface area contributed by atoms with Crippen molar-refractivity contribution >= 4 is 6.09 Å². The van der Waals surface area contributed by atoms with Crippen molar-refractivity contribution in [1.82, 2.24) is 5.32 Å². The molecule has 0 bridgehead atoms. The van der Waals surface area contributed by atoms with Gasteiger partial charge in [0.25, 0.3) is 0 Å². The molecule has 3 atom stereocenters. The third kappa shape index (κ3) is 2.06. The van der Waals surface area contributed by atoms with Gasteiger partial charge in [0, 0.05) is 0 Å². The molecule has 5 heteroatoms. The second kappa shape index (κ2) is 3.06. The van der Waals surface area contributed by atoms with E-state index < -0.39 is 12.4 Å². The molecule has 1 heterocycles. The standard InChI is InChI=1S/C6H11NO4/c1-3(4-5(8)11-4)7-6(9)10-2/h3-5,8H,1-2H3,(H,7,9)/t3-,4-,5?/m0/s1. The van der Waals surface area contributed by atoms with Gasteiger partial charge in [-0.15, -0.1) is 0 Å². The van der Waals surface area contributed by atoms with Crippen LogP contribution in [0.3, 0.4) is 0 Å². The molecule has 64 valence electrons. The molecule has 0 spiro atoms. The maximum absolute atomic E-state index is 10.6. The third-order valence-corrected chi connectivity index (χ3v) is 1.52. The van der Waals surface area contributed by atoms with E-state index in [1.54, 1.807) is 6.92 Å². The summed E-state index contributed by atoms with van der Waals surface area (Å²) < 4.78 is 9.06. The second-order valence-corrected chi connectivity index (χ2v) is 2.42. The SMILES string of the molecule is COC(=O)N[C@@H](C)[C@@H]1OC1O. The van der Waals surface area contributed by atoms with Gasteiger partial charge in [-0.05, 0) is 6.92 Å². The number of amides is 1. The van der Waals surface area contributed by atoms with Gasteiger partial charge in [0.2, 0.25) is 0 Å². The third-order valence-electron chi connectivity index (χ3n) is 1.52. The molecular weight excluding hydrogens is 150 g/mol. The lowest BCUT2D eigenvalue weighted by Gasteiger charge is -2.08. The first-order valence-corrected chi connectivity index (χ1v) is 3.33. The Balaban J connectivity index is 2.21. The predicted molar refractivity (Wildman–Crippen MR) is 35.9 cm³/mol. The lowest BCUT2D eigenvalue weighted by atomic mass is 10.2. The van der Waals surface area contributed by atoms with Crippen LogP contribution >= 0.6 is 0 Å². The number of aliphatic hydroxyl groups excluding tert-OH is 1. The van der Waals surface area contributed by atoms with E-state index in [-0.39, 0.29) is 12.1 Å². The molecule has 1 unspecified atom stereocenters. The lowest BCUT2D eigenvalue weighted by molar-refractivity contribution is 0.154. The van der Waals surface area contributed by atoms with Crippen LogP contribution in [0.1, 0.15) is 6.92 Å². The summed E-state index contributed by atoms with van der Waals surface area (Å²) in [4.78, 5) is 10.6. The molecule has 1 aliphatic rings. The first kappa shape index (κ1) is 8.29. The average molecular weight is 161 g/mol. The van der Waals surface area contributed by atoms with Crippen LogP contribution in [0.25, 0.3) is 0 Å². The number of methoxy groups -OCH3 is 1. The first-order chi connectivity index (χ1) is 5.15. The van der Waals surface area contributed by atoms with Crippen LogP contribution in [0.15, 0.2) is 0 Å². The quantitative estimate of drug-likeness (QED) is 0.533. The minimum atomic E-state index is -0.734. The fraction of sp³-hybridized carbons (Fsp3) is 0.833. The van der Waals surface area contributed by atoms with E-state index in [4.69, 9.17) is 9.84 Å². The molecule has 0 aromatic heterocycles. The summed E-state index contributed by atoms with van der Waals surface area (Å²) in [6.07, 6.45) is -1.53. The number of ether oxygens (including phenoxy) is 2. The molecule has 5 nitrogen and oxygen atoms in total. The molecule has 1 saturated heterocycles. The van der Waals surface area contributed by atoms with Gasteiger partial charge < -0.3 is 19.9 Å². The molecule has 1 rings (SSSR count). The van der Waals surface area contributed by atoms with Crippen molar-refractivity contribution in [2.24, 2.45) is 0 Å². The van der Waals surface area contributed by atoms with Crippen LogP contribution in [0.2, 0.25) is 0 Å². The second-order valence-electron chi connectivity index (χ2n) is 2.42. The Bertz CT molecular complexity index is 161. The van der Waals surface area contributed by atoms with Gasteiger partial charge in [-0.1, -0.05) is 0 Å². The number of aliphatic hydroxyl groups is 1. The van der Waals surface area contributed by atoms with E-state index in [2.05, 4.69) is 10.1 Å². The summed E-state index contributed by atoms with van der Waals surface area (Å²) in [7, 11) is 1.28. The largest absolute Gasteiger partial charge is 0.453 e. The Morgan fingerprint density at radius 3 is 2.73 bits per heavy atom. The highest BCUT2D eigenvalue weighted by Crippen LogP contribution is 2.21. The highest BCUT2D eigenvalue weighted by molar-refractivity contribution is 5.67. The maximum atomic E-state index is 10.6. The van der Waals surface area contributed by atoms with Crippen molar-refractivity contribution in [3.63, 3.8) is 0 Å². The normalized spacial score (nSPS) is 30.8. The van der Waals surface area contributed by atoms with Crippen molar-refractivity contribution in [3.8, 4) is 0 Å². The Morgan fingerprint density at radius 2 is 2.36 bits per heavy atom. The zero-order chi connectivity index (χ0) is 8.43. The number of carbonyl (C=O) groups is 1. The average Bonchev–Trinajstić information content (AvgIpc) is 2.66. The van der Waals surface area contributed by atoms with E-state index in [9.17, 15) is 4.79 Å². The van der Waals surface area contributed by atoms with Crippen molar-refractivity contribution in [3.05, 3.63) is 0 Å². The van der Waals surface area contributed by atoms with Gasteiger partial charge in [0.05, 0.1) is 13.2 Å². The van der Waals surface area contributed by atoms with Crippen LogP contribution in [-0.2, 0) is 9.47 Å². The summed E-state index contributed by atoms with van der Waals surface area (Å²) in [6.45, 7) is 1.73. The van der Waals surface area contributed by atoms with Crippen LogP contribution in [0, 0.1) is 0 Å².